The van der Waals surface area contributed by atoms with Crippen molar-refractivity contribution in [1.29, 1.82) is 0 Å². The molecule has 6 nitrogen and oxygen atoms in total. The maximum atomic E-state index is 11.7. The van der Waals surface area contributed by atoms with E-state index >= 15 is 0 Å². The third-order valence-corrected chi connectivity index (χ3v) is 5.07. The summed E-state index contributed by atoms with van der Waals surface area (Å²) >= 11 is 0. The molecule has 0 aliphatic rings. The average molecular weight is 426 g/mol. The zero-order valence-electron chi connectivity index (χ0n) is 19.0. The predicted octanol–water partition coefficient (Wildman–Crippen LogP) is 5.55. The van der Waals surface area contributed by atoms with Gasteiger partial charge in [0.05, 0.1) is 13.0 Å². The van der Waals surface area contributed by atoms with Gasteiger partial charge in [-0.1, -0.05) is 97.0 Å². The van der Waals surface area contributed by atoms with Gasteiger partial charge in [-0.2, -0.15) is 0 Å². The van der Waals surface area contributed by atoms with E-state index in [0.29, 0.717) is 6.42 Å². The number of hydrogen-bond acceptors (Lipinski definition) is 4. The normalized spacial score (nSPS) is 10.6. The summed E-state index contributed by atoms with van der Waals surface area (Å²) in [6.45, 7) is 5.86. The number of carbonyl (C=O) groups excluding carboxylic acids is 2. The van der Waals surface area contributed by atoms with Gasteiger partial charge < -0.3 is 15.2 Å². The number of carboxylic acids is 1. The number of nitrogens with one attached hydrogen (secondary N) is 1. The summed E-state index contributed by atoms with van der Waals surface area (Å²) < 4.78 is 4.87. The molecule has 0 aliphatic carbocycles. The Morgan fingerprint density at radius 3 is 1.73 bits per heavy atom. The lowest BCUT2D eigenvalue weighted by Gasteiger charge is -2.07. The van der Waals surface area contributed by atoms with Crippen molar-refractivity contribution < 1.29 is 24.2 Å². The minimum atomic E-state index is -1.13. The molecule has 0 rings (SSSR count). The van der Waals surface area contributed by atoms with Gasteiger partial charge in [0.2, 0.25) is 5.91 Å². The summed E-state index contributed by atoms with van der Waals surface area (Å²) in [5.41, 5.74) is -0.101. The molecule has 0 aromatic carbocycles. The minimum Gasteiger partial charge on any atom is -0.481 e. The first kappa shape index (κ1) is 28.1. The molecule has 0 fully saturated rings. The molecule has 2 N–H and O–H groups in total. The van der Waals surface area contributed by atoms with Crippen molar-refractivity contribution >= 4 is 17.8 Å². The van der Waals surface area contributed by atoms with Gasteiger partial charge in [-0.05, 0) is 6.42 Å². The summed E-state index contributed by atoms with van der Waals surface area (Å²) in [4.78, 5) is 33.7. The van der Waals surface area contributed by atoms with E-state index in [4.69, 9.17) is 9.84 Å². The van der Waals surface area contributed by atoms with Crippen LogP contribution in [0, 0.1) is 0 Å². The second kappa shape index (κ2) is 20.4. The lowest BCUT2D eigenvalue weighted by Crippen LogP contribution is -2.28. The Balaban J connectivity index is 3.35. The number of amides is 1. The van der Waals surface area contributed by atoms with Gasteiger partial charge in [0, 0.05) is 12.0 Å². The molecule has 174 valence electrons. The first-order valence-corrected chi connectivity index (χ1v) is 11.8. The van der Waals surface area contributed by atoms with Crippen LogP contribution in [0.4, 0.5) is 0 Å². The fourth-order valence-electron chi connectivity index (χ4n) is 3.26. The topological polar surface area (TPSA) is 92.7 Å². The molecule has 0 atom stereocenters. The molecule has 0 aromatic heterocycles. The summed E-state index contributed by atoms with van der Waals surface area (Å²) in [6.07, 6.45) is 18.0. The van der Waals surface area contributed by atoms with Crippen LogP contribution < -0.4 is 5.32 Å². The fraction of sp³-hybridized carbons (Fsp3) is 0.792. The number of unbranched alkanes of at least 4 members (excludes halogenated alkanes) is 13. The number of hydrogen-bond donors (Lipinski definition) is 2. The van der Waals surface area contributed by atoms with E-state index < -0.39 is 18.4 Å². The fourth-order valence-corrected chi connectivity index (χ4v) is 3.26. The second-order valence-corrected chi connectivity index (χ2v) is 8.01. The SMILES string of the molecule is C=C(CC(=O)O)C(=O)OCCNC(=O)CCCCCCCCCCCCCCCC. The van der Waals surface area contributed by atoms with Crippen molar-refractivity contribution in [3.63, 3.8) is 0 Å². The maximum Gasteiger partial charge on any atom is 0.334 e. The Kier molecular flexibility index (Phi) is 19.2. The van der Waals surface area contributed by atoms with Gasteiger partial charge in [-0.3, -0.25) is 9.59 Å². The Labute approximate surface area is 182 Å². The zero-order chi connectivity index (χ0) is 22.5. The molecule has 0 spiro atoms. The highest BCUT2D eigenvalue weighted by atomic mass is 16.5. The lowest BCUT2D eigenvalue weighted by molar-refractivity contribution is -0.142. The van der Waals surface area contributed by atoms with Crippen molar-refractivity contribution in [2.75, 3.05) is 13.2 Å². The standard InChI is InChI=1S/C24H43NO5/c1-3-4-5-6-7-8-9-10-11-12-13-14-15-16-17-22(26)25-18-19-30-24(29)21(2)20-23(27)28/h2-20H2,1H3,(H,25,26)(H,27,28). The van der Waals surface area contributed by atoms with Crippen LogP contribution in [0.25, 0.3) is 0 Å². The van der Waals surface area contributed by atoms with Crippen LogP contribution in [-0.2, 0) is 19.1 Å². The predicted molar refractivity (Wildman–Crippen MR) is 120 cm³/mol. The van der Waals surface area contributed by atoms with E-state index in [2.05, 4.69) is 18.8 Å². The van der Waals surface area contributed by atoms with Crippen molar-refractivity contribution in [3.8, 4) is 0 Å². The molecule has 0 bridgehead atoms. The average Bonchev–Trinajstić information content (AvgIpc) is 2.70. The molecule has 0 saturated carbocycles. The Hall–Kier alpha value is -1.85. The van der Waals surface area contributed by atoms with Gasteiger partial charge in [-0.25, -0.2) is 4.79 Å². The highest BCUT2D eigenvalue weighted by Gasteiger charge is 2.12. The van der Waals surface area contributed by atoms with Crippen molar-refractivity contribution in [1.82, 2.24) is 5.32 Å². The molecule has 0 saturated heterocycles. The van der Waals surface area contributed by atoms with Crippen LogP contribution in [0.5, 0.6) is 0 Å². The molecule has 30 heavy (non-hydrogen) atoms. The number of ether oxygens (including phenoxy) is 1. The van der Waals surface area contributed by atoms with E-state index in [1.54, 1.807) is 0 Å². The van der Waals surface area contributed by atoms with E-state index in [9.17, 15) is 14.4 Å². The molecular weight excluding hydrogens is 382 g/mol. The molecule has 6 heteroatoms. The highest BCUT2D eigenvalue weighted by Crippen LogP contribution is 2.13. The molecule has 1 amide bonds. The van der Waals surface area contributed by atoms with E-state index in [-0.39, 0.29) is 24.6 Å². The van der Waals surface area contributed by atoms with Crippen LogP contribution in [0.1, 0.15) is 110 Å². The minimum absolute atomic E-state index is 0.0158. The van der Waals surface area contributed by atoms with Gasteiger partial charge in [0.15, 0.2) is 0 Å². The maximum absolute atomic E-state index is 11.7. The van der Waals surface area contributed by atoms with Gasteiger partial charge in [-0.15, -0.1) is 0 Å². The van der Waals surface area contributed by atoms with Crippen LogP contribution in [-0.4, -0.2) is 36.1 Å². The van der Waals surface area contributed by atoms with Crippen LogP contribution in [0.2, 0.25) is 0 Å². The number of carboxylic acid groups (broad SMARTS) is 1. The van der Waals surface area contributed by atoms with Gasteiger partial charge in [0.1, 0.15) is 6.61 Å². The summed E-state index contributed by atoms with van der Waals surface area (Å²) in [5.74, 6) is -1.91. The molecular formula is C24H43NO5. The number of carbonyl (C=O) groups is 3. The summed E-state index contributed by atoms with van der Waals surface area (Å²) in [6, 6.07) is 0. The Bertz CT molecular complexity index is 490. The molecule has 0 aromatic rings. The van der Waals surface area contributed by atoms with E-state index in [0.717, 1.165) is 12.8 Å². The van der Waals surface area contributed by atoms with E-state index in [1.807, 2.05) is 0 Å². The van der Waals surface area contributed by atoms with Gasteiger partial charge >= 0.3 is 11.9 Å². The largest absolute Gasteiger partial charge is 0.481 e. The van der Waals surface area contributed by atoms with E-state index in [1.165, 1.54) is 77.0 Å². The highest BCUT2D eigenvalue weighted by molar-refractivity contribution is 5.92. The first-order chi connectivity index (χ1) is 14.5. The Morgan fingerprint density at radius 1 is 0.800 bits per heavy atom. The third kappa shape index (κ3) is 19.5. The zero-order valence-corrected chi connectivity index (χ0v) is 19.0. The van der Waals surface area contributed by atoms with Gasteiger partial charge in [0.25, 0.3) is 0 Å². The summed E-state index contributed by atoms with van der Waals surface area (Å²) in [7, 11) is 0. The number of esters is 1. The first-order valence-electron chi connectivity index (χ1n) is 11.8. The van der Waals surface area contributed by atoms with Crippen LogP contribution in [0.15, 0.2) is 12.2 Å². The number of aliphatic carboxylic acids is 1. The third-order valence-electron chi connectivity index (χ3n) is 5.07. The smallest absolute Gasteiger partial charge is 0.334 e. The molecule has 0 unspecified atom stereocenters. The van der Waals surface area contributed by atoms with Crippen molar-refractivity contribution in [3.05, 3.63) is 12.2 Å². The quantitative estimate of drug-likeness (QED) is 0.143. The molecule has 0 heterocycles. The molecule has 0 radical (unpaired) electrons. The monoisotopic (exact) mass is 425 g/mol. The lowest BCUT2D eigenvalue weighted by atomic mass is 10.0. The number of rotatable bonds is 21. The van der Waals surface area contributed by atoms with Crippen molar-refractivity contribution in [2.45, 2.75) is 110 Å². The second-order valence-electron chi connectivity index (χ2n) is 8.01. The van der Waals surface area contributed by atoms with Crippen LogP contribution >= 0.6 is 0 Å². The Morgan fingerprint density at radius 2 is 1.27 bits per heavy atom. The molecule has 0 aliphatic heterocycles. The van der Waals surface area contributed by atoms with Crippen molar-refractivity contribution in [2.24, 2.45) is 0 Å². The van der Waals surface area contributed by atoms with Crippen LogP contribution in [0.3, 0.4) is 0 Å². The summed E-state index contributed by atoms with van der Waals surface area (Å²) in [5, 5.41) is 11.3.